The van der Waals surface area contributed by atoms with Crippen molar-refractivity contribution in [3.05, 3.63) is 53.2 Å². The minimum atomic E-state index is -2.26. The lowest BCUT2D eigenvalue weighted by atomic mass is 9.83. The summed E-state index contributed by atoms with van der Waals surface area (Å²) in [5, 5.41) is 0. The Morgan fingerprint density at radius 1 is 1.23 bits per heavy atom. The van der Waals surface area contributed by atoms with E-state index in [9.17, 15) is 0 Å². The van der Waals surface area contributed by atoms with Crippen LogP contribution >= 0.6 is 0 Å². The van der Waals surface area contributed by atoms with Crippen molar-refractivity contribution in [3.8, 4) is 11.3 Å². The van der Waals surface area contributed by atoms with Crippen molar-refractivity contribution >= 4 is 0 Å². The quantitative estimate of drug-likeness (QED) is 0.708. The van der Waals surface area contributed by atoms with Crippen LogP contribution < -0.4 is 4.57 Å². The number of aromatic nitrogens is 1. The van der Waals surface area contributed by atoms with Gasteiger partial charge in [0.25, 0.3) is 0 Å². The van der Waals surface area contributed by atoms with Gasteiger partial charge in [0, 0.05) is 23.5 Å². The lowest BCUT2D eigenvalue weighted by Gasteiger charge is -2.22. The van der Waals surface area contributed by atoms with Crippen LogP contribution in [0.2, 0.25) is 0 Å². The maximum atomic E-state index is 8.99. The predicted molar refractivity (Wildman–Crippen MR) is 92.8 cm³/mol. The van der Waals surface area contributed by atoms with Crippen LogP contribution in [0.1, 0.15) is 55.6 Å². The molecule has 0 amide bonds. The van der Waals surface area contributed by atoms with E-state index < -0.39 is 13.2 Å². The van der Waals surface area contributed by atoms with E-state index in [1.54, 1.807) is 16.8 Å². The van der Waals surface area contributed by atoms with E-state index in [2.05, 4.69) is 0 Å². The van der Waals surface area contributed by atoms with Crippen molar-refractivity contribution in [2.45, 2.75) is 52.3 Å². The van der Waals surface area contributed by atoms with Crippen molar-refractivity contribution in [2.75, 3.05) is 0 Å². The SMILES string of the molecule is [2H]C([2H])([2H])c1cc(C([2H])([2H])C2CCCCC2)c(-c2ccccc2C)[n+](C)c1. The lowest BCUT2D eigenvalue weighted by molar-refractivity contribution is -0.661. The fraction of sp³-hybridized carbons (Fsp3) is 0.476. The molecule has 2 aromatic rings. The topological polar surface area (TPSA) is 3.88 Å². The van der Waals surface area contributed by atoms with Crippen molar-refractivity contribution in [3.63, 3.8) is 0 Å². The summed E-state index contributed by atoms with van der Waals surface area (Å²) in [6.45, 7) is -0.258. The van der Waals surface area contributed by atoms with Crippen molar-refractivity contribution < 1.29 is 11.4 Å². The van der Waals surface area contributed by atoms with Gasteiger partial charge in [0.2, 0.25) is 5.69 Å². The van der Waals surface area contributed by atoms with Crippen LogP contribution in [-0.2, 0) is 13.4 Å². The molecule has 0 saturated heterocycles. The van der Waals surface area contributed by atoms with Gasteiger partial charge in [-0.15, -0.1) is 0 Å². The smallest absolute Gasteiger partial charge is 0.201 e. The van der Waals surface area contributed by atoms with Crippen LogP contribution in [0.25, 0.3) is 11.3 Å². The van der Waals surface area contributed by atoms with Gasteiger partial charge < -0.3 is 0 Å². The van der Waals surface area contributed by atoms with Gasteiger partial charge >= 0.3 is 0 Å². The van der Waals surface area contributed by atoms with Crippen LogP contribution in [0.3, 0.4) is 0 Å². The summed E-state index contributed by atoms with van der Waals surface area (Å²) >= 11 is 0. The highest BCUT2D eigenvalue weighted by Crippen LogP contribution is 2.31. The normalized spacial score (nSPS) is 20.5. The van der Waals surface area contributed by atoms with Gasteiger partial charge in [-0.25, -0.2) is 4.57 Å². The third-order valence-electron chi connectivity index (χ3n) is 4.61. The number of rotatable bonds is 3. The van der Waals surface area contributed by atoms with Gasteiger partial charge in [0.05, 0.1) is 0 Å². The first-order chi connectivity index (χ1) is 12.6. The molecule has 1 fully saturated rings. The van der Waals surface area contributed by atoms with E-state index in [4.69, 9.17) is 6.85 Å². The summed E-state index contributed by atoms with van der Waals surface area (Å²) in [4.78, 5) is 0. The Kier molecular flexibility index (Phi) is 3.08. The summed E-state index contributed by atoms with van der Waals surface area (Å²) in [5.74, 6) is -0.0825. The maximum Gasteiger partial charge on any atom is 0.215 e. The minimum absolute atomic E-state index is 0.0825. The molecular formula is C21H28N+. The molecular weight excluding hydrogens is 266 g/mol. The molecule has 3 rings (SSSR count). The van der Waals surface area contributed by atoms with E-state index in [1.165, 1.54) is 0 Å². The molecule has 1 aliphatic carbocycles. The Bertz CT molecular complexity index is 820. The van der Waals surface area contributed by atoms with Crippen LogP contribution in [0.5, 0.6) is 0 Å². The molecule has 0 spiro atoms. The number of aryl methyl sites for hydroxylation is 3. The van der Waals surface area contributed by atoms with Gasteiger partial charge in [-0.2, -0.15) is 0 Å². The molecule has 1 nitrogen and oxygen atoms in total. The zero-order chi connectivity index (χ0) is 19.8. The Morgan fingerprint density at radius 2 is 2.00 bits per heavy atom. The third kappa shape index (κ3) is 3.24. The Balaban J connectivity index is 2.25. The first kappa shape index (κ1) is 10.2. The lowest BCUT2D eigenvalue weighted by Crippen LogP contribution is -2.33. The van der Waals surface area contributed by atoms with Crippen molar-refractivity contribution in [2.24, 2.45) is 13.0 Å². The molecule has 1 aromatic carbocycles. The van der Waals surface area contributed by atoms with E-state index in [0.29, 0.717) is 5.56 Å². The molecule has 0 radical (unpaired) electrons. The molecule has 0 atom stereocenters. The molecule has 1 saturated carbocycles. The Hall–Kier alpha value is -1.63. The number of nitrogens with zero attached hydrogens (tertiary/aromatic N) is 1. The number of benzene rings is 1. The van der Waals surface area contributed by atoms with Gasteiger partial charge in [0.1, 0.15) is 7.05 Å². The third-order valence-corrected chi connectivity index (χ3v) is 4.61. The molecule has 0 unspecified atom stereocenters. The first-order valence-electron chi connectivity index (χ1n) is 10.7. The Morgan fingerprint density at radius 3 is 2.73 bits per heavy atom. The molecule has 1 aliphatic rings. The molecule has 1 heteroatoms. The van der Waals surface area contributed by atoms with Crippen molar-refractivity contribution in [1.29, 1.82) is 0 Å². The largest absolute Gasteiger partial charge is 0.215 e. The summed E-state index contributed by atoms with van der Waals surface area (Å²) in [6.07, 6.45) is 4.97. The zero-order valence-electron chi connectivity index (χ0n) is 18.5. The first-order valence-corrected chi connectivity index (χ1v) is 8.23. The fourth-order valence-electron chi connectivity index (χ4n) is 3.47. The van der Waals surface area contributed by atoms with Crippen LogP contribution in [0.15, 0.2) is 36.5 Å². The molecule has 0 aliphatic heterocycles. The molecule has 0 N–H and O–H groups in total. The highest BCUT2D eigenvalue weighted by Gasteiger charge is 2.22. The number of hydrogen-bond donors (Lipinski definition) is 0. The fourth-order valence-corrected chi connectivity index (χ4v) is 3.47. The standard InChI is InChI=1S/C21H28N/c1-16-13-19(14-18-10-5-4-6-11-18)21(22(3)15-16)20-12-8-7-9-17(20)2/h7-9,12-13,15,18H,4-6,10-11,14H2,1-3H3/q+1/i1D3,14D2. The van der Waals surface area contributed by atoms with Crippen molar-refractivity contribution in [1.82, 2.24) is 0 Å². The summed E-state index contributed by atoms with van der Waals surface area (Å²) in [7, 11) is 1.82. The predicted octanol–water partition coefficient (Wildman–Crippen LogP) is 4.92. The van der Waals surface area contributed by atoms with E-state index >= 15 is 0 Å². The molecule has 0 bridgehead atoms. The molecule has 116 valence electrons. The van der Waals surface area contributed by atoms with E-state index in [-0.39, 0.29) is 11.5 Å². The zero-order valence-corrected chi connectivity index (χ0v) is 13.5. The highest BCUT2D eigenvalue weighted by atomic mass is 14.9. The Labute approximate surface area is 142 Å². The second-order valence-corrected chi connectivity index (χ2v) is 6.40. The number of pyridine rings is 1. The van der Waals surface area contributed by atoms with Gasteiger partial charge in [-0.05, 0) is 43.8 Å². The molecule has 22 heavy (non-hydrogen) atoms. The van der Waals surface area contributed by atoms with Crippen LogP contribution in [0.4, 0.5) is 0 Å². The monoisotopic (exact) mass is 299 g/mol. The van der Waals surface area contributed by atoms with Crippen LogP contribution in [-0.4, -0.2) is 0 Å². The highest BCUT2D eigenvalue weighted by molar-refractivity contribution is 5.64. The minimum Gasteiger partial charge on any atom is -0.201 e. The second kappa shape index (κ2) is 6.64. The average molecular weight is 299 g/mol. The summed E-state index contributed by atoms with van der Waals surface area (Å²) in [5.41, 5.74) is 3.47. The summed E-state index contributed by atoms with van der Waals surface area (Å²) in [6, 6.07) is 9.49. The van der Waals surface area contributed by atoms with E-state index in [1.807, 2.05) is 38.2 Å². The maximum absolute atomic E-state index is 8.99. The molecule has 1 heterocycles. The molecule has 1 aromatic heterocycles. The average Bonchev–Trinajstić information content (AvgIpc) is 2.62. The van der Waals surface area contributed by atoms with Gasteiger partial charge in [-0.3, -0.25) is 0 Å². The van der Waals surface area contributed by atoms with Crippen LogP contribution in [0, 0.1) is 19.7 Å². The number of hydrogen-bond acceptors (Lipinski definition) is 0. The summed E-state index contributed by atoms with van der Waals surface area (Å²) < 4.78 is 43.3. The van der Waals surface area contributed by atoms with E-state index in [0.717, 1.165) is 48.9 Å². The van der Waals surface area contributed by atoms with Gasteiger partial charge in [0.15, 0.2) is 6.20 Å². The van der Waals surface area contributed by atoms with Gasteiger partial charge in [-0.1, -0.05) is 50.3 Å². The second-order valence-electron chi connectivity index (χ2n) is 6.40.